The molecule has 0 heterocycles. The molecule has 0 aliphatic rings. The molecule has 0 aromatic heterocycles. The first-order valence-corrected chi connectivity index (χ1v) is 6.94. The Labute approximate surface area is 133 Å². The van der Waals surface area contributed by atoms with Gasteiger partial charge in [0.1, 0.15) is 18.1 Å². The van der Waals surface area contributed by atoms with Crippen molar-refractivity contribution in [2.75, 3.05) is 13.7 Å². The second-order valence-electron chi connectivity index (χ2n) is 4.74. The molecule has 6 nitrogen and oxygen atoms in total. The van der Waals surface area contributed by atoms with Crippen molar-refractivity contribution in [2.45, 2.75) is 6.04 Å². The van der Waals surface area contributed by atoms with Crippen LogP contribution in [0.4, 0.5) is 0 Å². The molecule has 0 fully saturated rings. The van der Waals surface area contributed by atoms with Gasteiger partial charge in [-0.25, -0.2) is 4.79 Å². The third-order valence-electron chi connectivity index (χ3n) is 3.26. The molecule has 6 heteroatoms. The van der Waals surface area contributed by atoms with Crippen molar-refractivity contribution in [3.05, 3.63) is 48.5 Å². The molecule has 1 unspecified atom stereocenters. The van der Waals surface area contributed by atoms with Crippen LogP contribution in [0.15, 0.2) is 48.5 Å². The van der Waals surface area contributed by atoms with Crippen LogP contribution < -0.4 is 14.8 Å². The lowest BCUT2D eigenvalue weighted by atomic mass is 10.1. The summed E-state index contributed by atoms with van der Waals surface area (Å²) in [4.78, 5) is 21.2. The minimum atomic E-state index is -1.15. The zero-order chi connectivity index (χ0) is 16.7. The molecule has 0 aliphatic carbocycles. The summed E-state index contributed by atoms with van der Waals surface area (Å²) in [5, 5.41) is 11.1. The lowest BCUT2D eigenvalue weighted by molar-refractivity contribution is -0.141. The van der Waals surface area contributed by atoms with Crippen molar-refractivity contribution in [1.29, 1.82) is 0 Å². The second-order valence-corrected chi connectivity index (χ2v) is 4.74. The molecule has 1 atom stereocenters. The molecule has 0 aliphatic heterocycles. The van der Waals surface area contributed by atoms with E-state index in [1.165, 1.54) is 0 Å². The van der Waals surface area contributed by atoms with Gasteiger partial charge in [0.2, 0.25) is 6.41 Å². The van der Waals surface area contributed by atoms with E-state index in [0.29, 0.717) is 12.2 Å². The number of carbonyl (C=O) groups excluding carboxylic acids is 1. The van der Waals surface area contributed by atoms with E-state index in [4.69, 9.17) is 14.6 Å². The first-order chi connectivity index (χ1) is 11.1. The molecule has 2 aromatic carbocycles. The van der Waals surface area contributed by atoms with E-state index >= 15 is 0 Å². The van der Waals surface area contributed by atoms with E-state index in [9.17, 15) is 9.59 Å². The number of amides is 1. The van der Waals surface area contributed by atoms with Gasteiger partial charge in [-0.1, -0.05) is 24.3 Å². The Balaban J connectivity index is 2.01. The Kier molecular flexibility index (Phi) is 5.57. The van der Waals surface area contributed by atoms with Crippen molar-refractivity contribution in [1.82, 2.24) is 5.32 Å². The van der Waals surface area contributed by atoms with Crippen molar-refractivity contribution in [3.8, 4) is 22.6 Å². The molecular weight excluding hydrogens is 298 g/mol. The molecule has 23 heavy (non-hydrogen) atoms. The maximum Gasteiger partial charge on any atom is 0.329 e. The van der Waals surface area contributed by atoms with Crippen molar-refractivity contribution >= 4 is 12.4 Å². The Bertz CT molecular complexity index is 652. The molecule has 2 rings (SSSR count). The Morgan fingerprint density at radius 3 is 2.04 bits per heavy atom. The molecule has 2 N–H and O–H groups in total. The van der Waals surface area contributed by atoms with E-state index < -0.39 is 12.0 Å². The molecular formula is C17H17NO5. The van der Waals surface area contributed by atoms with E-state index in [0.717, 1.165) is 16.9 Å². The first kappa shape index (κ1) is 16.4. The largest absolute Gasteiger partial charge is 0.497 e. The fourth-order valence-corrected chi connectivity index (χ4v) is 1.98. The minimum absolute atomic E-state index is 0.143. The highest BCUT2D eigenvalue weighted by Gasteiger charge is 2.16. The molecule has 120 valence electrons. The summed E-state index contributed by atoms with van der Waals surface area (Å²) >= 11 is 0. The number of rotatable bonds is 8. The van der Waals surface area contributed by atoms with Gasteiger partial charge in [-0.3, -0.25) is 4.79 Å². The molecule has 0 saturated heterocycles. The lowest BCUT2D eigenvalue weighted by Gasteiger charge is -2.13. The summed E-state index contributed by atoms with van der Waals surface area (Å²) < 4.78 is 10.5. The molecule has 1 amide bonds. The average molecular weight is 315 g/mol. The Morgan fingerprint density at radius 1 is 1.09 bits per heavy atom. The number of hydrogen-bond acceptors (Lipinski definition) is 4. The Hall–Kier alpha value is -3.02. The number of aliphatic carboxylic acids is 1. The summed E-state index contributed by atoms with van der Waals surface area (Å²) in [7, 11) is 1.62. The highest BCUT2D eigenvalue weighted by molar-refractivity contribution is 5.76. The lowest BCUT2D eigenvalue weighted by Crippen LogP contribution is -2.40. The van der Waals surface area contributed by atoms with Gasteiger partial charge in [0.25, 0.3) is 0 Å². The zero-order valence-electron chi connectivity index (χ0n) is 12.6. The van der Waals surface area contributed by atoms with Gasteiger partial charge in [0, 0.05) is 0 Å². The average Bonchev–Trinajstić information content (AvgIpc) is 2.59. The smallest absolute Gasteiger partial charge is 0.329 e. The number of ether oxygens (including phenoxy) is 2. The maximum atomic E-state index is 10.9. The van der Waals surface area contributed by atoms with Gasteiger partial charge in [-0.15, -0.1) is 0 Å². The Morgan fingerprint density at radius 2 is 1.61 bits per heavy atom. The number of benzene rings is 2. The third kappa shape index (κ3) is 4.47. The molecule has 2 aromatic rings. The van der Waals surface area contributed by atoms with Crippen LogP contribution in [0, 0.1) is 0 Å². The van der Waals surface area contributed by atoms with Gasteiger partial charge in [0.15, 0.2) is 6.04 Å². The summed E-state index contributed by atoms with van der Waals surface area (Å²) in [6.45, 7) is -0.143. The number of methoxy groups -OCH3 is 1. The van der Waals surface area contributed by atoms with Crippen molar-refractivity contribution in [3.63, 3.8) is 0 Å². The number of hydrogen-bond donors (Lipinski definition) is 2. The van der Waals surface area contributed by atoms with E-state index in [-0.39, 0.29) is 6.61 Å². The zero-order valence-corrected chi connectivity index (χ0v) is 12.6. The number of carboxylic acid groups (broad SMARTS) is 1. The normalized spacial score (nSPS) is 11.3. The third-order valence-corrected chi connectivity index (χ3v) is 3.26. The van der Waals surface area contributed by atoms with Crippen LogP contribution in [0.1, 0.15) is 0 Å². The van der Waals surface area contributed by atoms with Crippen LogP contribution in [0.2, 0.25) is 0 Å². The predicted molar refractivity (Wildman–Crippen MR) is 84.5 cm³/mol. The highest BCUT2D eigenvalue weighted by Crippen LogP contribution is 2.24. The number of carbonyl (C=O) groups is 2. The fraction of sp³-hybridized carbons (Fsp3) is 0.176. The fourth-order valence-electron chi connectivity index (χ4n) is 1.98. The van der Waals surface area contributed by atoms with Crippen LogP contribution >= 0.6 is 0 Å². The standard InChI is InChI=1S/C17H17NO5/c1-22-14-6-2-12(3-7-14)13-4-8-15(9-5-13)23-10-16(17(20)21)18-11-19/h2-9,11,16H,10H2,1H3,(H,18,19)(H,20,21). The van der Waals surface area contributed by atoms with Gasteiger partial charge in [-0.2, -0.15) is 0 Å². The summed E-state index contributed by atoms with van der Waals surface area (Å²) in [5.74, 6) is 0.171. The van der Waals surface area contributed by atoms with Crippen LogP contribution in [0.3, 0.4) is 0 Å². The summed E-state index contributed by atoms with van der Waals surface area (Å²) in [6, 6.07) is 13.8. The van der Waals surface area contributed by atoms with Crippen LogP contribution in [-0.2, 0) is 9.59 Å². The van der Waals surface area contributed by atoms with Gasteiger partial charge < -0.3 is 19.9 Å². The molecule has 0 saturated carbocycles. The van der Waals surface area contributed by atoms with E-state index in [1.807, 2.05) is 36.4 Å². The van der Waals surface area contributed by atoms with Crippen molar-refractivity contribution < 1.29 is 24.2 Å². The van der Waals surface area contributed by atoms with Crippen LogP contribution in [0.25, 0.3) is 11.1 Å². The maximum absolute atomic E-state index is 10.9. The highest BCUT2D eigenvalue weighted by atomic mass is 16.5. The van der Waals surface area contributed by atoms with E-state index in [2.05, 4.69) is 5.32 Å². The monoisotopic (exact) mass is 315 g/mol. The quantitative estimate of drug-likeness (QED) is 0.727. The van der Waals surface area contributed by atoms with E-state index in [1.54, 1.807) is 19.2 Å². The van der Waals surface area contributed by atoms with Gasteiger partial charge in [0.05, 0.1) is 7.11 Å². The van der Waals surface area contributed by atoms with Crippen molar-refractivity contribution in [2.24, 2.45) is 0 Å². The molecule has 0 bridgehead atoms. The second kappa shape index (κ2) is 7.84. The summed E-state index contributed by atoms with van der Waals surface area (Å²) in [6.07, 6.45) is 0.342. The SMILES string of the molecule is COc1ccc(-c2ccc(OCC(NC=O)C(=O)O)cc2)cc1. The first-order valence-electron chi connectivity index (χ1n) is 6.94. The molecule has 0 radical (unpaired) electrons. The summed E-state index contributed by atoms with van der Waals surface area (Å²) in [5.41, 5.74) is 2.03. The van der Waals surface area contributed by atoms with Crippen LogP contribution in [0.5, 0.6) is 11.5 Å². The predicted octanol–water partition coefficient (Wildman–Crippen LogP) is 1.94. The minimum Gasteiger partial charge on any atom is -0.497 e. The topological polar surface area (TPSA) is 84.9 Å². The number of nitrogens with one attached hydrogen (secondary N) is 1. The van der Waals surface area contributed by atoms with Gasteiger partial charge in [-0.05, 0) is 35.4 Å². The van der Waals surface area contributed by atoms with Crippen LogP contribution in [-0.4, -0.2) is 37.2 Å². The molecule has 0 spiro atoms. The van der Waals surface area contributed by atoms with Gasteiger partial charge >= 0.3 is 5.97 Å². The number of carboxylic acids is 1.